The lowest BCUT2D eigenvalue weighted by Gasteiger charge is -2.23. The van der Waals surface area contributed by atoms with Crippen molar-refractivity contribution < 1.29 is 5.11 Å². The molecule has 12 heavy (non-hydrogen) atoms. The van der Waals surface area contributed by atoms with Crippen LogP contribution in [0, 0.1) is 5.41 Å². The summed E-state index contributed by atoms with van der Waals surface area (Å²) in [6.07, 6.45) is 4.18. The molecule has 4 nitrogen and oxygen atoms in total. The van der Waals surface area contributed by atoms with Crippen molar-refractivity contribution >= 4 is 0 Å². The first kappa shape index (κ1) is 9.19. The number of aliphatic hydroxyl groups excluding tert-OH is 1. The molecule has 0 aliphatic carbocycles. The van der Waals surface area contributed by atoms with Gasteiger partial charge in [-0.25, -0.2) is 0 Å². The van der Waals surface area contributed by atoms with Crippen LogP contribution in [0.5, 0.6) is 0 Å². The number of hydrogen-bond acceptors (Lipinski definition) is 3. The Morgan fingerprint density at radius 1 is 1.33 bits per heavy atom. The van der Waals surface area contributed by atoms with Crippen LogP contribution >= 0.6 is 0 Å². The second-order valence-electron chi connectivity index (χ2n) is 3.77. The summed E-state index contributed by atoms with van der Waals surface area (Å²) in [5.41, 5.74) is 0.108. The molecule has 1 heterocycles. The molecule has 0 amide bonds. The molecule has 1 aromatic heterocycles. The molecule has 0 fully saturated rings. The van der Waals surface area contributed by atoms with Crippen molar-refractivity contribution in [3.05, 3.63) is 12.7 Å². The number of rotatable bonds is 4. The molecule has 1 N–H and O–H groups in total. The average Bonchev–Trinajstić information content (AvgIpc) is 2.38. The number of hydrogen-bond donors (Lipinski definition) is 1. The Hall–Kier alpha value is -0.900. The Bertz CT molecular complexity index is 218. The Morgan fingerprint density at radius 2 is 1.92 bits per heavy atom. The minimum atomic E-state index is 0.108. The monoisotopic (exact) mass is 169 g/mol. The standard InChI is InChI=1S/C8H15N3O/c1-8(2,3-4-12)5-11-6-9-10-7-11/h6-7,12H,3-5H2,1-2H3. The van der Waals surface area contributed by atoms with E-state index in [0.717, 1.165) is 13.0 Å². The van der Waals surface area contributed by atoms with Crippen LogP contribution in [0.2, 0.25) is 0 Å². The van der Waals surface area contributed by atoms with E-state index in [0.29, 0.717) is 0 Å². The number of aliphatic hydroxyl groups is 1. The molecule has 0 saturated heterocycles. The molecule has 0 aliphatic rings. The van der Waals surface area contributed by atoms with Crippen LogP contribution < -0.4 is 0 Å². The highest BCUT2D eigenvalue weighted by Crippen LogP contribution is 2.21. The van der Waals surface area contributed by atoms with Gasteiger partial charge in [-0.1, -0.05) is 13.8 Å². The largest absolute Gasteiger partial charge is 0.396 e. The highest BCUT2D eigenvalue weighted by molar-refractivity contribution is 4.72. The summed E-state index contributed by atoms with van der Waals surface area (Å²) >= 11 is 0. The zero-order valence-corrected chi connectivity index (χ0v) is 7.56. The van der Waals surface area contributed by atoms with Gasteiger partial charge >= 0.3 is 0 Å². The Kier molecular flexibility index (Phi) is 2.81. The molecule has 1 aromatic rings. The maximum absolute atomic E-state index is 8.79. The second kappa shape index (κ2) is 3.67. The van der Waals surface area contributed by atoms with E-state index in [2.05, 4.69) is 24.0 Å². The summed E-state index contributed by atoms with van der Waals surface area (Å²) in [6.45, 7) is 5.31. The van der Waals surface area contributed by atoms with Gasteiger partial charge < -0.3 is 9.67 Å². The van der Waals surface area contributed by atoms with Crippen LogP contribution in [0.3, 0.4) is 0 Å². The fourth-order valence-electron chi connectivity index (χ4n) is 1.18. The van der Waals surface area contributed by atoms with Gasteiger partial charge in [-0.3, -0.25) is 0 Å². The van der Waals surface area contributed by atoms with Gasteiger partial charge in [0.1, 0.15) is 12.7 Å². The summed E-state index contributed by atoms with van der Waals surface area (Å²) in [7, 11) is 0. The Balaban J connectivity index is 2.50. The van der Waals surface area contributed by atoms with Crippen LogP contribution in [-0.4, -0.2) is 26.5 Å². The van der Waals surface area contributed by atoms with Gasteiger partial charge in [-0.05, 0) is 11.8 Å². The molecular weight excluding hydrogens is 154 g/mol. The molecule has 1 rings (SSSR count). The minimum Gasteiger partial charge on any atom is -0.396 e. The quantitative estimate of drug-likeness (QED) is 0.721. The number of nitrogens with zero attached hydrogens (tertiary/aromatic N) is 3. The highest BCUT2D eigenvalue weighted by Gasteiger charge is 2.17. The first-order valence-corrected chi connectivity index (χ1v) is 4.07. The van der Waals surface area contributed by atoms with Crippen LogP contribution in [-0.2, 0) is 6.54 Å². The molecule has 0 bridgehead atoms. The van der Waals surface area contributed by atoms with Crippen LogP contribution in [0.1, 0.15) is 20.3 Å². The van der Waals surface area contributed by atoms with E-state index in [4.69, 9.17) is 5.11 Å². The minimum absolute atomic E-state index is 0.108. The summed E-state index contributed by atoms with van der Waals surface area (Å²) in [5.74, 6) is 0. The summed E-state index contributed by atoms with van der Waals surface area (Å²) in [6, 6.07) is 0. The van der Waals surface area contributed by atoms with E-state index in [9.17, 15) is 0 Å². The summed E-state index contributed by atoms with van der Waals surface area (Å²) < 4.78 is 1.93. The van der Waals surface area contributed by atoms with E-state index in [1.165, 1.54) is 0 Å². The van der Waals surface area contributed by atoms with Gasteiger partial charge in [0.05, 0.1) is 0 Å². The van der Waals surface area contributed by atoms with E-state index in [1.807, 2.05) is 4.57 Å². The van der Waals surface area contributed by atoms with E-state index in [1.54, 1.807) is 12.7 Å². The maximum atomic E-state index is 8.79. The Morgan fingerprint density at radius 3 is 2.42 bits per heavy atom. The predicted octanol–water partition coefficient (Wildman–Crippen LogP) is 0.687. The van der Waals surface area contributed by atoms with Crippen molar-refractivity contribution in [1.29, 1.82) is 0 Å². The average molecular weight is 169 g/mol. The van der Waals surface area contributed by atoms with Crippen LogP contribution in [0.4, 0.5) is 0 Å². The lowest BCUT2D eigenvalue weighted by Crippen LogP contribution is -2.20. The smallest absolute Gasteiger partial charge is 0.119 e. The van der Waals surface area contributed by atoms with Crippen molar-refractivity contribution in [2.75, 3.05) is 6.61 Å². The molecule has 0 aliphatic heterocycles. The van der Waals surface area contributed by atoms with E-state index >= 15 is 0 Å². The Labute approximate surface area is 72.2 Å². The van der Waals surface area contributed by atoms with Crippen LogP contribution in [0.25, 0.3) is 0 Å². The first-order valence-electron chi connectivity index (χ1n) is 4.07. The zero-order chi connectivity index (χ0) is 9.03. The van der Waals surface area contributed by atoms with Crippen LogP contribution in [0.15, 0.2) is 12.7 Å². The van der Waals surface area contributed by atoms with Gasteiger partial charge in [-0.2, -0.15) is 0 Å². The third-order valence-electron chi connectivity index (χ3n) is 1.87. The van der Waals surface area contributed by atoms with Gasteiger partial charge in [0.25, 0.3) is 0 Å². The summed E-state index contributed by atoms with van der Waals surface area (Å²) in [4.78, 5) is 0. The third-order valence-corrected chi connectivity index (χ3v) is 1.87. The fourth-order valence-corrected chi connectivity index (χ4v) is 1.18. The second-order valence-corrected chi connectivity index (χ2v) is 3.77. The molecule has 0 radical (unpaired) electrons. The zero-order valence-electron chi connectivity index (χ0n) is 7.56. The first-order chi connectivity index (χ1) is 5.64. The van der Waals surface area contributed by atoms with E-state index < -0.39 is 0 Å². The van der Waals surface area contributed by atoms with Crippen molar-refractivity contribution in [2.24, 2.45) is 5.41 Å². The molecule has 0 saturated carbocycles. The lowest BCUT2D eigenvalue weighted by atomic mass is 9.90. The van der Waals surface area contributed by atoms with Crippen molar-refractivity contribution in [3.8, 4) is 0 Å². The SMILES string of the molecule is CC(C)(CCO)Cn1cnnc1. The van der Waals surface area contributed by atoms with E-state index in [-0.39, 0.29) is 12.0 Å². The molecule has 0 unspecified atom stereocenters. The lowest BCUT2D eigenvalue weighted by molar-refractivity contribution is 0.192. The van der Waals surface area contributed by atoms with Gasteiger partial charge in [-0.15, -0.1) is 10.2 Å². The van der Waals surface area contributed by atoms with Crippen molar-refractivity contribution in [2.45, 2.75) is 26.8 Å². The fraction of sp³-hybridized carbons (Fsp3) is 0.750. The topological polar surface area (TPSA) is 50.9 Å². The van der Waals surface area contributed by atoms with Crippen molar-refractivity contribution in [3.63, 3.8) is 0 Å². The third kappa shape index (κ3) is 2.62. The molecule has 0 aromatic carbocycles. The molecule has 68 valence electrons. The molecule has 4 heteroatoms. The molecule has 0 spiro atoms. The molecule has 0 atom stereocenters. The van der Waals surface area contributed by atoms with Crippen molar-refractivity contribution in [1.82, 2.24) is 14.8 Å². The van der Waals surface area contributed by atoms with Gasteiger partial charge in [0.15, 0.2) is 0 Å². The maximum Gasteiger partial charge on any atom is 0.119 e. The number of aromatic nitrogens is 3. The predicted molar refractivity (Wildman–Crippen MR) is 45.5 cm³/mol. The normalized spacial score (nSPS) is 11.9. The molecular formula is C8H15N3O. The highest BCUT2D eigenvalue weighted by atomic mass is 16.3. The van der Waals surface area contributed by atoms with Gasteiger partial charge in [0, 0.05) is 13.2 Å². The summed E-state index contributed by atoms with van der Waals surface area (Å²) in [5, 5.41) is 16.2. The van der Waals surface area contributed by atoms with Gasteiger partial charge in [0.2, 0.25) is 0 Å².